The van der Waals surface area contributed by atoms with Crippen molar-refractivity contribution in [2.45, 2.75) is 32.7 Å². The fraction of sp³-hybridized carbons (Fsp3) is 0.429. The van der Waals surface area contributed by atoms with E-state index in [1.54, 1.807) is 20.3 Å². The van der Waals surface area contributed by atoms with Crippen molar-refractivity contribution in [2.75, 3.05) is 20.8 Å². The molecule has 1 N–H and O–H groups in total. The molecule has 0 fully saturated rings. The summed E-state index contributed by atoms with van der Waals surface area (Å²) in [6, 6.07) is 6.93. The van der Waals surface area contributed by atoms with Gasteiger partial charge in [-0.05, 0) is 48.1 Å². The van der Waals surface area contributed by atoms with Gasteiger partial charge in [0.05, 0.1) is 25.8 Å². The van der Waals surface area contributed by atoms with E-state index in [0.717, 1.165) is 18.4 Å². The smallest absolute Gasteiger partial charge is 0.255 e. The highest BCUT2D eigenvalue weighted by Crippen LogP contribution is 2.41. The number of benzene rings is 1. The number of hydrogen-bond donors (Lipinski definition) is 1. The van der Waals surface area contributed by atoms with Gasteiger partial charge in [-0.15, -0.1) is 0 Å². The van der Waals surface area contributed by atoms with Crippen LogP contribution in [0, 0.1) is 5.92 Å². The average molecular weight is 370 g/mol. The topological polar surface area (TPSA) is 71.6 Å². The summed E-state index contributed by atoms with van der Waals surface area (Å²) in [6.45, 7) is 4.92. The lowest BCUT2D eigenvalue weighted by Gasteiger charge is -2.38. The zero-order chi connectivity index (χ0) is 19.6. The van der Waals surface area contributed by atoms with Crippen LogP contribution < -0.4 is 15.0 Å². The zero-order valence-electron chi connectivity index (χ0n) is 16.2. The molecule has 0 radical (unpaired) electrons. The third-order valence-corrected chi connectivity index (χ3v) is 4.99. The van der Waals surface area contributed by atoms with Crippen LogP contribution in [0.4, 0.5) is 0 Å². The molecule has 3 rings (SSSR count). The van der Waals surface area contributed by atoms with Crippen molar-refractivity contribution in [1.29, 1.82) is 0 Å². The number of rotatable bonds is 5. The number of hydrogen-bond acceptors (Lipinski definition) is 4. The molecule has 2 aromatic rings. The maximum absolute atomic E-state index is 13.1. The normalized spacial score (nSPS) is 16.2. The van der Waals surface area contributed by atoms with Gasteiger partial charge >= 0.3 is 0 Å². The Hall–Kier alpha value is -2.76. The van der Waals surface area contributed by atoms with E-state index in [-0.39, 0.29) is 17.5 Å². The summed E-state index contributed by atoms with van der Waals surface area (Å²) in [6.07, 6.45) is 3.08. The first-order valence-electron chi connectivity index (χ1n) is 9.19. The van der Waals surface area contributed by atoms with Crippen molar-refractivity contribution in [3.05, 3.63) is 57.5 Å². The number of aromatic nitrogens is 1. The molecule has 0 saturated carbocycles. The minimum absolute atomic E-state index is 0.0482. The average Bonchev–Trinajstić information content (AvgIpc) is 2.66. The second-order valence-electron chi connectivity index (χ2n) is 7.24. The number of fused-ring (bicyclic) bond motifs is 1. The van der Waals surface area contributed by atoms with Crippen LogP contribution in [0.15, 0.2) is 35.3 Å². The van der Waals surface area contributed by atoms with Crippen LogP contribution in [0.3, 0.4) is 0 Å². The van der Waals surface area contributed by atoms with Crippen molar-refractivity contribution in [3.8, 4) is 11.5 Å². The van der Waals surface area contributed by atoms with Gasteiger partial charge in [-0.2, -0.15) is 0 Å². The summed E-state index contributed by atoms with van der Waals surface area (Å²) in [7, 11) is 3.25. The van der Waals surface area contributed by atoms with Crippen molar-refractivity contribution in [1.82, 2.24) is 9.88 Å². The van der Waals surface area contributed by atoms with Crippen LogP contribution in [0.2, 0.25) is 0 Å². The molecule has 1 amide bonds. The predicted octanol–water partition coefficient (Wildman–Crippen LogP) is 3.18. The van der Waals surface area contributed by atoms with Gasteiger partial charge in [0.25, 0.3) is 5.91 Å². The quantitative estimate of drug-likeness (QED) is 0.877. The van der Waals surface area contributed by atoms with E-state index in [2.05, 4.69) is 18.8 Å². The summed E-state index contributed by atoms with van der Waals surface area (Å²) < 4.78 is 10.9. The number of methoxy groups -OCH3 is 2. The number of ether oxygens (including phenoxy) is 2. The van der Waals surface area contributed by atoms with E-state index < -0.39 is 0 Å². The molecular weight excluding hydrogens is 344 g/mol. The summed E-state index contributed by atoms with van der Waals surface area (Å²) >= 11 is 0. The molecule has 27 heavy (non-hydrogen) atoms. The summed E-state index contributed by atoms with van der Waals surface area (Å²) in [5, 5.41) is 0. The molecule has 6 heteroatoms. The fourth-order valence-corrected chi connectivity index (χ4v) is 3.68. The van der Waals surface area contributed by atoms with Crippen LogP contribution in [-0.4, -0.2) is 36.6 Å². The maximum Gasteiger partial charge on any atom is 0.255 e. The number of carbonyl (C=O) groups excluding carboxylic acids is 1. The Morgan fingerprint density at radius 2 is 1.93 bits per heavy atom. The van der Waals surface area contributed by atoms with Crippen molar-refractivity contribution >= 4 is 5.91 Å². The molecule has 144 valence electrons. The van der Waals surface area contributed by atoms with Gasteiger partial charge in [0.1, 0.15) is 0 Å². The van der Waals surface area contributed by atoms with E-state index in [0.29, 0.717) is 29.5 Å². The summed E-state index contributed by atoms with van der Waals surface area (Å²) in [4.78, 5) is 29.0. The maximum atomic E-state index is 13.1. The molecule has 0 bridgehead atoms. The fourth-order valence-electron chi connectivity index (χ4n) is 3.68. The SMILES string of the molecule is COc1cc2c(cc1OC)C(CC(C)C)N(C(=O)c1ccc(=O)[nH]c1)CC2. The summed E-state index contributed by atoms with van der Waals surface area (Å²) in [5.41, 5.74) is 2.56. The first-order chi connectivity index (χ1) is 12.9. The van der Waals surface area contributed by atoms with E-state index in [9.17, 15) is 9.59 Å². The van der Waals surface area contributed by atoms with Crippen molar-refractivity contribution in [3.63, 3.8) is 0 Å². The number of H-pyrrole nitrogens is 1. The van der Waals surface area contributed by atoms with Gasteiger partial charge in [-0.1, -0.05) is 13.8 Å². The van der Waals surface area contributed by atoms with Crippen LogP contribution in [0.25, 0.3) is 0 Å². The van der Waals surface area contributed by atoms with Gasteiger partial charge in [0.15, 0.2) is 11.5 Å². The molecule has 6 nitrogen and oxygen atoms in total. The van der Waals surface area contributed by atoms with Crippen LogP contribution in [0.1, 0.15) is 47.8 Å². The number of pyridine rings is 1. The first kappa shape index (κ1) is 19.0. The molecule has 0 spiro atoms. The van der Waals surface area contributed by atoms with E-state index in [4.69, 9.17) is 9.47 Å². The second kappa shape index (κ2) is 7.86. The monoisotopic (exact) mass is 370 g/mol. The third-order valence-electron chi connectivity index (χ3n) is 4.99. The number of carbonyl (C=O) groups is 1. The molecule has 1 aromatic heterocycles. The molecule has 1 aliphatic heterocycles. The minimum atomic E-state index is -0.217. The standard InChI is InChI=1S/C21H26N2O4/c1-13(2)9-17-16-11-19(27-4)18(26-3)10-14(16)7-8-23(17)21(25)15-5-6-20(24)22-12-15/h5-6,10-13,17H,7-9H2,1-4H3,(H,22,24). The Morgan fingerprint density at radius 3 is 2.52 bits per heavy atom. The first-order valence-corrected chi connectivity index (χ1v) is 9.19. The van der Waals surface area contributed by atoms with Gasteiger partial charge in [0.2, 0.25) is 5.56 Å². The zero-order valence-corrected chi connectivity index (χ0v) is 16.2. The number of nitrogens with zero attached hydrogens (tertiary/aromatic N) is 1. The van der Waals surface area contributed by atoms with Crippen molar-refractivity contribution < 1.29 is 14.3 Å². The van der Waals surface area contributed by atoms with Crippen molar-refractivity contribution in [2.24, 2.45) is 5.92 Å². The molecule has 1 aromatic carbocycles. The molecule has 1 unspecified atom stereocenters. The Bertz CT molecular complexity index is 868. The van der Waals surface area contributed by atoms with Gasteiger partial charge in [0, 0.05) is 18.8 Å². The molecule has 2 heterocycles. The molecule has 0 aliphatic carbocycles. The van der Waals surface area contributed by atoms with Gasteiger partial charge < -0.3 is 19.4 Å². The predicted molar refractivity (Wildman–Crippen MR) is 104 cm³/mol. The third kappa shape index (κ3) is 3.84. The lowest BCUT2D eigenvalue weighted by Crippen LogP contribution is -2.40. The van der Waals surface area contributed by atoms with Crippen LogP contribution >= 0.6 is 0 Å². The highest BCUT2D eigenvalue weighted by Gasteiger charge is 2.33. The number of aromatic amines is 1. The Morgan fingerprint density at radius 1 is 1.22 bits per heavy atom. The van der Waals surface area contributed by atoms with Gasteiger partial charge in [-0.25, -0.2) is 0 Å². The number of amides is 1. The second-order valence-corrected chi connectivity index (χ2v) is 7.24. The highest BCUT2D eigenvalue weighted by atomic mass is 16.5. The lowest BCUT2D eigenvalue weighted by molar-refractivity contribution is 0.0635. The number of nitrogens with one attached hydrogen (secondary N) is 1. The van der Waals surface area contributed by atoms with Crippen LogP contribution in [-0.2, 0) is 6.42 Å². The largest absolute Gasteiger partial charge is 0.493 e. The van der Waals surface area contributed by atoms with E-state index >= 15 is 0 Å². The highest BCUT2D eigenvalue weighted by molar-refractivity contribution is 5.94. The molecule has 0 saturated heterocycles. The summed E-state index contributed by atoms with van der Waals surface area (Å²) in [5.74, 6) is 1.72. The lowest BCUT2D eigenvalue weighted by atomic mass is 9.86. The Labute approximate surface area is 159 Å². The minimum Gasteiger partial charge on any atom is -0.493 e. The molecule has 1 aliphatic rings. The molecule has 1 atom stereocenters. The van der Waals surface area contributed by atoms with E-state index in [1.165, 1.54) is 17.8 Å². The van der Waals surface area contributed by atoms with Crippen LogP contribution in [0.5, 0.6) is 11.5 Å². The van der Waals surface area contributed by atoms with Gasteiger partial charge in [-0.3, -0.25) is 9.59 Å². The Balaban J connectivity index is 2.02. The Kier molecular flexibility index (Phi) is 5.54. The molecular formula is C21H26N2O4. The van der Waals surface area contributed by atoms with E-state index in [1.807, 2.05) is 17.0 Å².